The van der Waals surface area contributed by atoms with Crippen molar-refractivity contribution in [3.05, 3.63) is 113 Å². The SMILES string of the molecule is CCc1ccc(OCC2c3cc(OC)c(OC)cc3CCN2C(=O)c2ccc(-c3ccccc3)cc2)cc1. The van der Waals surface area contributed by atoms with Crippen molar-refractivity contribution in [3.8, 4) is 28.4 Å². The third-order valence-corrected chi connectivity index (χ3v) is 7.24. The molecule has 1 aliphatic rings. The van der Waals surface area contributed by atoms with Crippen LogP contribution < -0.4 is 14.2 Å². The average molecular weight is 508 g/mol. The van der Waals surface area contributed by atoms with Crippen molar-refractivity contribution in [1.29, 1.82) is 0 Å². The number of methoxy groups -OCH3 is 2. The minimum absolute atomic E-state index is 0.0139. The predicted octanol–water partition coefficient (Wildman–Crippen LogP) is 6.75. The smallest absolute Gasteiger partial charge is 0.254 e. The summed E-state index contributed by atoms with van der Waals surface area (Å²) < 4.78 is 17.4. The number of hydrogen-bond donors (Lipinski definition) is 0. The van der Waals surface area contributed by atoms with Crippen LogP contribution in [0.5, 0.6) is 17.2 Å². The summed E-state index contributed by atoms with van der Waals surface area (Å²) >= 11 is 0. The van der Waals surface area contributed by atoms with E-state index < -0.39 is 0 Å². The number of rotatable bonds is 8. The topological polar surface area (TPSA) is 48.0 Å². The zero-order valence-electron chi connectivity index (χ0n) is 22.1. The van der Waals surface area contributed by atoms with Crippen LogP contribution in [0.4, 0.5) is 0 Å². The van der Waals surface area contributed by atoms with E-state index in [1.54, 1.807) is 14.2 Å². The van der Waals surface area contributed by atoms with E-state index in [9.17, 15) is 4.79 Å². The molecule has 0 aliphatic carbocycles. The molecule has 1 aliphatic heterocycles. The highest BCUT2D eigenvalue weighted by Gasteiger charge is 2.33. The summed E-state index contributed by atoms with van der Waals surface area (Å²) in [5, 5.41) is 0. The minimum atomic E-state index is -0.272. The molecule has 0 radical (unpaired) electrons. The van der Waals surface area contributed by atoms with Crippen molar-refractivity contribution in [2.45, 2.75) is 25.8 Å². The van der Waals surface area contributed by atoms with E-state index in [2.05, 4.69) is 31.2 Å². The molecule has 0 fully saturated rings. The largest absolute Gasteiger partial charge is 0.493 e. The Morgan fingerprint density at radius 3 is 2.16 bits per heavy atom. The summed E-state index contributed by atoms with van der Waals surface area (Å²) in [4.78, 5) is 15.8. The van der Waals surface area contributed by atoms with E-state index in [4.69, 9.17) is 14.2 Å². The number of ether oxygens (including phenoxy) is 3. The second-order valence-electron chi connectivity index (χ2n) is 9.42. The first kappa shape index (κ1) is 25.4. The third-order valence-electron chi connectivity index (χ3n) is 7.24. The van der Waals surface area contributed by atoms with Gasteiger partial charge in [-0.2, -0.15) is 0 Å². The van der Waals surface area contributed by atoms with Gasteiger partial charge in [-0.05, 0) is 77.1 Å². The van der Waals surface area contributed by atoms with Gasteiger partial charge in [0.1, 0.15) is 12.4 Å². The van der Waals surface area contributed by atoms with Crippen molar-refractivity contribution in [3.63, 3.8) is 0 Å². The molecule has 0 saturated carbocycles. The van der Waals surface area contributed by atoms with Crippen LogP contribution in [0.15, 0.2) is 91.0 Å². The Morgan fingerprint density at radius 2 is 1.50 bits per heavy atom. The molecule has 0 saturated heterocycles. The maximum Gasteiger partial charge on any atom is 0.254 e. The first-order valence-electron chi connectivity index (χ1n) is 13.0. The molecular weight excluding hydrogens is 474 g/mol. The molecule has 0 bridgehead atoms. The van der Waals surface area contributed by atoms with Crippen LogP contribution in [0.3, 0.4) is 0 Å². The lowest BCUT2D eigenvalue weighted by atomic mass is 9.91. The fourth-order valence-corrected chi connectivity index (χ4v) is 5.05. The quantitative estimate of drug-likeness (QED) is 0.265. The first-order chi connectivity index (χ1) is 18.6. The van der Waals surface area contributed by atoms with Gasteiger partial charge in [0.2, 0.25) is 0 Å². The number of fused-ring (bicyclic) bond motifs is 1. The lowest BCUT2D eigenvalue weighted by molar-refractivity contribution is 0.0589. The van der Waals surface area contributed by atoms with Crippen LogP contribution in [0.1, 0.15) is 40.0 Å². The fraction of sp³-hybridized carbons (Fsp3) is 0.242. The summed E-state index contributed by atoms with van der Waals surface area (Å²) in [5.74, 6) is 2.11. The molecule has 194 valence electrons. The van der Waals surface area contributed by atoms with Crippen LogP contribution in [-0.2, 0) is 12.8 Å². The van der Waals surface area contributed by atoms with E-state index in [-0.39, 0.29) is 11.9 Å². The second-order valence-corrected chi connectivity index (χ2v) is 9.42. The van der Waals surface area contributed by atoms with Gasteiger partial charge in [0, 0.05) is 12.1 Å². The molecule has 0 aromatic heterocycles. The lowest BCUT2D eigenvalue weighted by Crippen LogP contribution is -2.42. The fourth-order valence-electron chi connectivity index (χ4n) is 5.05. The van der Waals surface area contributed by atoms with Crippen LogP contribution in [0.2, 0.25) is 0 Å². The Balaban J connectivity index is 1.45. The van der Waals surface area contributed by atoms with Crippen LogP contribution in [0, 0.1) is 0 Å². The predicted molar refractivity (Wildman–Crippen MR) is 150 cm³/mol. The van der Waals surface area contributed by atoms with Gasteiger partial charge in [-0.15, -0.1) is 0 Å². The van der Waals surface area contributed by atoms with Gasteiger partial charge >= 0.3 is 0 Å². The number of nitrogens with zero attached hydrogens (tertiary/aromatic N) is 1. The van der Waals surface area contributed by atoms with Crippen molar-refractivity contribution in [2.24, 2.45) is 0 Å². The standard InChI is InChI=1S/C33H33NO4/c1-4-23-10-16-28(17-11-23)38-22-30-29-21-32(37-3)31(36-2)20-27(29)18-19-34(30)33(35)26-14-12-25(13-15-26)24-8-6-5-7-9-24/h5-17,20-21,30H,4,18-19,22H2,1-3H3. The van der Waals surface area contributed by atoms with E-state index in [1.165, 1.54) is 5.56 Å². The van der Waals surface area contributed by atoms with Gasteiger partial charge in [-0.25, -0.2) is 0 Å². The zero-order valence-corrected chi connectivity index (χ0v) is 22.1. The monoisotopic (exact) mass is 507 g/mol. The molecule has 4 aromatic rings. The number of carbonyl (C=O) groups is 1. The van der Waals surface area contributed by atoms with Gasteiger partial charge in [0.15, 0.2) is 11.5 Å². The summed E-state index contributed by atoms with van der Waals surface area (Å²) in [6.07, 6.45) is 1.70. The zero-order chi connectivity index (χ0) is 26.5. The molecular formula is C33H33NO4. The molecule has 4 aromatic carbocycles. The Morgan fingerprint density at radius 1 is 0.842 bits per heavy atom. The molecule has 0 spiro atoms. The van der Waals surface area contributed by atoms with Crippen molar-refractivity contribution < 1.29 is 19.0 Å². The van der Waals surface area contributed by atoms with Gasteiger partial charge in [0.25, 0.3) is 5.91 Å². The van der Waals surface area contributed by atoms with Crippen LogP contribution in [-0.4, -0.2) is 38.2 Å². The number of benzene rings is 4. The highest BCUT2D eigenvalue weighted by molar-refractivity contribution is 5.95. The Kier molecular flexibility index (Phi) is 7.64. The molecule has 1 atom stereocenters. The summed E-state index contributed by atoms with van der Waals surface area (Å²) in [5.41, 5.74) is 6.28. The average Bonchev–Trinajstić information content (AvgIpc) is 2.99. The van der Waals surface area contributed by atoms with Crippen LogP contribution >= 0.6 is 0 Å². The van der Waals surface area contributed by atoms with E-state index in [0.717, 1.165) is 40.8 Å². The molecule has 0 N–H and O–H groups in total. The lowest BCUT2D eigenvalue weighted by Gasteiger charge is -2.37. The molecule has 5 heteroatoms. The Bertz CT molecular complexity index is 1380. The highest BCUT2D eigenvalue weighted by atomic mass is 16.5. The molecule has 38 heavy (non-hydrogen) atoms. The highest BCUT2D eigenvalue weighted by Crippen LogP contribution is 2.39. The maximum absolute atomic E-state index is 13.9. The van der Waals surface area contributed by atoms with E-state index in [1.807, 2.05) is 71.6 Å². The maximum atomic E-state index is 13.9. The minimum Gasteiger partial charge on any atom is -0.493 e. The number of hydrogen-bond acceptors (Lipinski definition) is 4. The second kappa shape index (κ2) is 11.4. The molecule has 1 unspecified atom stereocenters. The van der Waals surface area contributed by atoms with Crippen molar-refractivity contribution in [2.75, 3.05) is 27.4 Å². The normalized spacial score (nSPS) is 14.5. The van der Waals surface area contributed by atoms with Gasteiger partial charge in [-0.3, -0.25) is 4.79 Å². The molecule has 5 nitrogen and oxygen atoms in total. The molecule has 5 rings (SSSR count). The molecule has 1 heterocycles. The van der Waals surface area contributed by atoms with Gasteiger partial charge in [0.05, 0.1) is 20.3 Å². The Labute approximate surface area is 224 Å². The number of carbonyl (C=O) groups excluding carboxylic acids is 1. The first-order valence-corrected chi connectivity index (χ1v) is 13.0. The third kappa shape index (κ3) is 5.23. The summed E-state index contributed by atoms with van der Waals surface area (Å²) in [6.45, 7) is 3.05. The summed E-state index contributed by atoms with van der Waals surface area (Å²) in [7, 11) is 3.27. The van der Waals surface area contributed by atoms with Gasteiger partial charge < -0.3 is 19.1 Å². The van der Waals surface area contributed by atoms with Gasteiger partial charge in [-0.1, -0.05) is 61.5 Å². The molecule has 1 amide bonds. The van der Waals surface area contributed by atoms with Crippen molar-refractivity contribution in [1.82, 2.24) is 4.90 Å². The van der Waals surface area contributed by atoms with Crippen LogP contribution in [0.25, 0.3) is 11.1 Å². The number of amides is 1. The van der Waals surface area contributed by atoms with Crippen molar-refractivity contribution >= 4 is 5.91 Å². The van der Waals surface area contributed by atoms with E-state index in [0.29, 0.717) is 30.2 Å². The Hall–Kier alpha value is -4.25. The number of aryl methyl sites for hydroxylation is 1. The van der Waals surface area contributed by atoms with E-state index >= 15 is 0 Å². The summed E-state index contributed by atoms with van der Waals surface area (Å²) in [6, 6.07) is 29.9.